The Morgan fingerprint density at radius 1 is 1.06 bits per heavy atom. The van der Waals surface area contributed by atoms with Gasteiger partial charge >= 0.3 is 0 Å². The molecule has 0 saturated heterocycles. The third-order valence-electron chi connectivity index (χ3n) is 5.33. The number of fused-ring (bicyclic) bond motifs is 1. The number of amides is 1. The van der Waals surface area contributed by atoms with Gasteiger partial charge in [0, 0.05) is 31.9 Å². The van der Waals surface area contributed by atoms with Crippen LogP contribution in [-0.4, -0.2) is 40.2 Å². The summed E-state index contributed by atoms with van der Waals surface area (Å²) in [6, 6.07) is 14.1. The summed E-state index contributed by atoms with van der Waals surface area (Å²) in [4.78, 5) is 11.0. The van der Waals surface area contributed by atoms with Gasteiger partial charge in [-0.05, 0) is 35.6 Å². The van der Waals surface area contributed by atoms with Crippen LogP contribution < -0.4 is 5.48 Å². The van der Waals surface area contributed by atoms with Crippen LogP contribution in [0.25, 0.3) is 22.0 Å². The van der Waals surface area contributed by atoms with Gasteiger partial charge < -0.3 is 0 Å². The van der Waals surface area contributed by atoms with Gasteiger partial charge in [0.15, 0.2) is 0 Å². The van der Waals surface area contributed by atoms with Crippen LogP contribution in [0.2, 0.25) is 0 Å². The Hall–Kier alpha value is -2.75. The molecule has 31 heavy (non-hydrogen) atoms. The number of aryl methyl sites for hydroxylation is 1. The van der Waals surface area contributed by atoms with Gasteiger partial charge in [-0.25, -0.2) is 13.9 Å². The Kier molecular flexibility index (Phi) is 8.16. The number of carbonyl (C=O) groups is 1. The highest BCUT2D eigenvalue weighted by Crippen LogP contribution is 2.24. The van der Waals surface area contributed by atoms with E-state index in [0.29, 0.717) is 19.5 Å². The highest BCUT2D eigenvalue weighted by Gasteiger charge is 2.09. The van der Waals surface area contributed by atoms with E-state index in [4.69, 9.17) is 5.21 Å². The molecule has 0 bridgehead atoms. The molecular formula is C22H28N4O4S. The Morgan fingerprint density at radius 2 is 1.77 bits per heavy atom. The van der Waals surface area contributed by atoms with Crippen LogP contribution in [0.5, 0.6) is 0 Å². The van der Waals surface area contributed by atoms with Crippen molar-refractivity contribution in [1.82, 2.24) is 19.6 Å². The van der Waals surface area contributed by atoms with Crippen LogP contribution >= 0.6 is 0 Å². The molecule has 166 valence electrons. The first-order chi connectivity index (χ1) is 15.0. The molecule has 2 N–H and O–H groups in total. The topological polar surface area (TPSA) is 105 Å². The van der Waals surface area contributed by atoms with Gasteiger partial charge in [-0.1, -0.05) is 49.2 Å². The lowest BCUT2D eigenvalue weighted by Gasteiger charge is -2.15. The lowest BCUT2D eigenvalue weighted by atomic mass is 10.0. The minimum absolute atomic E-state index is 0.274. The summed E-state index contributed by atoms with van der Waals surface area (Å²) in [5.74, 6) is -0.395. The monoisotopic (exact) mass is 444 g/mol. The summed E-state index contributed by atoms with van der Waals surface area (Å²) in [5, 5.41) is 13.8. The fourth-order valence-electron chi connectivity index (χ4n) is 3.54. The van der Waals surface area contributed by atoms with Crippen molar-refractivity contribution >= 4 is 27.7 Å². The van der Waals surface area contributed by atoms with Gasteiger partial charge in [0.05, 0.1) is 11.7 Å². The number of rotatable bonds is 11. The molecule has 0 fully saturated rings. The van der Waals surface area contributed by atoms with Crippen molar-refractivity contribution in [3.8, 4) is 11.1 Å². The first-order valence-corrected chi connectivity index (χ1v) is 11.4. The van der Waals surface area contributed by atoms with Crippen molar-refractivity contribution in [3.63, 3.8) is 0 Å². The van der Waals surface area contributed by atoms with Gasteiger partial charge in [0.1, 0.15) is 0 Å². The van der Waals surface area contributed by atoms with Crippen LogP contribution in [0.15, 0.2) is 48.7 Å². The smallest absolute Gasteiger partial charge is 0.243 e. The molecule has 0 aliphatic heterocycles. The second-order valence-corrected chi connectivity index (χ2v) is 8.61. The molecule has 0 spiro atoms. The Bertz CT molecular complexity index is 1080. The van der Waals surface area contributed by atoms with E-state index in [0.717, 1.165) is 46.9 Å². The Morgan fingerprint density at radius 3 is 2.48 bits per heavy atom. The molecule has 1 heterocycles. The van der Waals surface area contributed by atoms with Crippen molar-refractivity contribution in [2.75, 3.05) is 6.54 Å². The molecule has 1 amide bonds. The SMILES string of the molecule is Cn1ncc2ccc(-c3ccc(CN(CCCCCCC(=O)NO)[SH](=O)=O)cc3)cc21. The van der Waals surface area contributed by atoms with Gasteiger partial charge in [-0.3, -0.25) is 14.7 Å². The van der Waals surface area contributed by atoms with Gasteiger partial charge in [-0.15, -0.1) is 0 Å². The van der Waals surface area contributed by atoms with E-state index in [1.54, 1.807) is 5.48 Å². The van der Waals surface area contributed by atoms with Crippen LogP contribution in [0.4, 0.5) is 0 Å². The molecule has 0 aliphatic rings. The molecule has 0 unspecified atom stereocenters. The standard InChI is InChI=1S/C22H28N4O4S/c1-25-21-14-19(11-12-20(21)15-23-25)18-9-7-17(8-10-18)16-26(31(29)30)13-5-3-2-4-6-22(27)24-28/h7-12,14-15,28,31H,2-6,13,16H2,1H3,(H,24,27). The average Bonchev–Trinajstić information content (AvgIpc) is 3.15. The first-order valence-electron chi connectivity index (χ1n) is 10.3. The average molecular weight is 445 g/mol. The number of unbranched alkanes of at least 4 members (excludes halogenated alkanes) is 3. The van der Waals surface area contributed by atoms with Crippen LogP contribution in [0.3, 0.4) is 0 Å². The number of nitrogens with zero attached hydrogens (tertiary/aromatic N) is 3. The van der Waals surface area contributed by atoms with E-state index in [2.05, 4.69) is 17.2 Å². The second kappa shape index (κ2) is 11.0. The number of thiol groups is 1. The van der Waals surface area contributed by atoms with Crippen molar-refractivity contribution in [3.05, 3.63) is 54.2 Å². The van der Waals surface area contributed by atoms with Crippen LogP contribution in [0, 0.1) is 0 Å². The maximum atomic E-state index is 11.6. The predicted octanol–water partition coefficient (Wildman–Crippen LogP) is 3.02. The quantitative estimate of drug-likeness (QED) is 0.183. The largest absolute Gasteiger partial charge is 0.289 e. The molecule has 2 aromatic carbocycles. The second-order valence-electron chi connectivity index (χ2n) is 7.56. The van der Waals surface area contributed by atoms with E-state index in [9.17, 15) is 13.2 Å². The third kappa shape index (κ3) is 6.36. The number of hydroxylamine groups is 1. The highest BCUT2D eigenvalue weighted by molar-refractivity contribution is 7.69. The molecule has 3 rings (SSSR count). The van der Waals surface area contributed by atoms with Gasteiger partial charge in [0.2, 0.25) is 16.8 Å². The normalized spacial score (nSPS) is 11.5. The molecule has 3 aromatic rings. The van der Waals surface area contributed by atoms with Gasteiger partial charge in [-0.2, -0.15) is 9.40 Å². The van der Waals surface area contributed by atoms with Gasteiger partial charge in [0.25, 0.3) is 0 Å². The molecule has 0 radical (unpaired) electrons. The predicted molar refractivity (Wildman–Crippen MR) is 120 cm³/mol. The third-order valence-corrected chi connectivity index (χ3v) is 6.13. The Labute approximate surface area is 183 Å². The number of hydrogen-bond donors (Lipinski definition) is 3. The molecule has 9 heteroatoms. The van der Waals surface area contributed by atoms with Crippen molar-refractivity contribution < 1.29 is 18.4 Å². The van der Waals surface area contributed by atoms with Crippen LogP contribution in [0.1, 0.15) is 37.7 Å². The van der Waals surface area contributed by atoms with E-state index in [1.807, 2.05) is 48.3 Å². The number of benzene rings is 2. The number of aromatic nitrogens is 2. The summed E-state index contributed by atoms with van der Waals surface area (Å²) in [6.45, 7) is 0.788. The minimum Gasteiger partial charge on any atom is -0.289 e. The summed E-state index contributed by atoms with van der Waals surface area (Å²) < 4.78 is 26.6. The summed E-state index contributed by atoms with van der Waals surface area (Å²) >= 11 is 0. The lowest BCUT2D eigenvalue weighted by molar-refractivity contribution is -0.129. The lowest BCUT2D eigenvalue weighted by Crippen LogP contribution is -2.22. The van der Waals surface area contributed by atoms with Crippen LogP contribution in [-0.2, 0) is 29.3 Å². The van der Waals surface area contributed by atoms with Crippen molar-refractivity contribution in [1.29, 1.82) is 0 Å². The molecule has 0 aliphatic carbocycles. The number of hydrogen-bond acceptors (Lipinski definition) is 5. The van der Waals surface area contributed by atoms with E-state index >= 15 is 0 Å². The minimum atomic E-state index is -2.67. The summed E-state index contributed by atoms with van der Waals surface area (Å²) in [6.07, 6.45) is 5.15. The number of carbonyl (C=O) groups excluding carboxylic acids is 1. The van der Waals surface area contributed by atoms with Crippen molar-refractivity contribution in [2.45, 2.75) is 38.6 Å². The fourth-order valence-corrected chi connectivity index (χ4v) is 4.13. The highest BCUT2D eigenvalue weighted by atomic mass is 32.2. The zero-order chi connectivity index (χ0) is 22.2. The Balaban J connectivity index is 1.55. The molecule has 0 atom stereocenters. The summed E-state index contributed by atoms with van der Waals surface area (Å²) in [5.41, 5.74) is 5.76. The fraction of sp³-hybridized carbons (Fsp3) is 0.364. The number of nitrogens with one attached hydrogen (secondary N) is 1. The zero-order valence-corrected chi connectivity index (χ0v) is 18.4. The zero-order valence-electron chi connectivity index (χ0n) is 17.5. The van der Waals surface area contributed by atoms with E-state index in [1.165, 1.54) is 4.31 Å². The molecular weight excluding hydrogens is 416 g/mol. The van der Waals surface area contributed by atoms with E-state index < -0.39 is 16.8 Å². The van der Waals surface area contributed by atoms with E-state index in [-0.39, 0.29) is 6.42 Å². The molecule has 8 nitrogen and oxygen atoms in total. The summed E-state index contributed by atoms with van der Waals surface area (Å²) in [7, 11) is -0.752. The van der Waals surface area contributed by atoms with Crippen molar-refractivity contribution in [2.24, 2.45) is 7.05 Å². The first kappa shape index (κ1) is 22.9. The maximum absolute atomic E-state index is 11.6. The molecule has 0 saturated carbocycles. The maximum Gasteiger partial charge on any atom is 0.243 e. The molecule has 1 aromatic heterocycles.